The van der Waals surface area contributed by atoms with Gasteiger partial charge >= 0.3 is 6.09 Å². The van der Waals surface area contributed by atoms with E-state index in [2.05, 4.69) is 50.0 Å². The summed E-state index contributed by atoms with van der Waals surface area (Å²) in [6.45, 7) is 15.4. The van der Waals surface area contributed by atoms with Gasteiger partial charge in [-0.1, -0.05) is 45.2 Å². The zero-order valence-electron chi connectivity index (χ0n) is 24.3. The van der Waals surface area contributed by atoms with Crippen LogP contribution in [0.2, 0.25) is 0 Å². The molecule has 1 rings (SSSR count). The van der Waals surface area contributed by atoms with Crippen LogP contribution in [0, 0.1) is 18.3 Å². The Hall–Kier alpha value is -2.66. The van der Waals surface area contributed by atoms with Gasteiger partial charge in [0, 0.05) is 23.4 Å². The molecule has 0 aliphatic carbocycles. The molecule has 0 spiro atoms. The average molecular weight is 546 g/mol. The fourth-order valence-corrected chi connectivity index (χ4v) is 4.40. The lowest BCUT2D eigenvalue weighted by Crippen LogP contribution is -2.56. The lowest BCUT2D eigenvalue weighted by atomic mass is 9.96. The van der Waals surface area contributed by atoms with Crippen LogP contribution in [0.25, 0.3) is 0 Å². The fourth-order valence-electron chi connectivity index (χ4n) is 4.15. The van der Waals surface area contributed by atoms with E-state index in [1.165, 1.54) is 0 Å². The Morgan fingerprint density at radius 2 is 1.63 bits per heavy atom. The average Bonchev–Trinajstić information content (AvgIpc) is 2.82. The lowest BCUT2D eigenvalue weighted by Gasteiger charge is -2.39. The molecule has 0 radical (unpaired) electrons. The highest BCUT2D eigenvalue weighted by molar-refractivity contribution is 7.80. The number of benzene rings is 1. The monoisotopic (exact) mass is 545 g/mol. The summed E-state index contributed by atoms with van der Waals surface area (Å²) in [5, 5.41) is 5.75. The molecule has 3 amide bonds. The van der Waals surface area contributed by atoms with Gasteiger partial charge in [-0.25, -0.2) is 4.79 Å². The van der Waals surface area contributed by atoms with E-state index in [0.717, 1.165) is 19.3 Å². The van der Waals surface area contributed by atoms with Crippen LogP contribution < -0.4 is 10.6 Å². The summed E-state index contributed by atoms with van der Waals surface area (Å²) in [6, 6.07) is 4.85. The second kappa shape index (κ2) is 15.7. The number of hydrogen-bond donors (Lipinski definition) is 3. The lowest BCUT2D eigenvalue weighted by molar-refractivity contribution is -0.145. The number of ether oxygens (including phenoxy) is 1. The summed E-state index contributed by atoms with van der Waals surface area (Å²) in [5.74, 6) is 2.38. The summed E-state index contributed by atoms with van der Waals surface area (Å²) >= 11 is 4.37. The molecule has 0 aliphatic rings. The molecule has 4 atom stereocenters. The zero-order valence-corrected chi connectivity index (χ0v) is 25.2. The summed E-state index contributed by atoms with van der Waals surface area (Å²) in [6.07, 6.45) is 8.12. The van der Waals surface area contributed by atoms with E-state index >= 15 is 0 Å². The highest BCUT2D eigenvalue weighted by Gasteiger charge is 2.38. The minimum atomic E-state index is -0.983. The minimum Gasteiger partial charge on any atom is -0.444 e. The van der Waals surface area contributed by atoms with Crippen LogP contribution in [0.4, 0.5) is 4.79 Å². The molecule has 1 aromatic rings. The quantitative estimate of drug-likeness (QED) is 0.226. The van der Waals surface area contributed by atoms with E-state index in [1.807, 2.05) is 13.8 Å². The van der Waals surface area contributed by atoms with Crippen LogP contribution in [0.3, 0.4) is 0 Å². The van der Waals surface area contributed by atoms with Crippen molar-refractivity contribution in [2.75, 3.05) is 5.75 Å². The summed E-state index contributed by atoms with van der Waals surface area (Å²) < 4.78 is 5.38. The number of thiol groups is 1. The standard InChI is InChI=1S/C30H47N3O4S/c1-10-12-21(5)31-27(34)26(24-17-15-23(11-2)16-18-24)33(22(6)14-13-20(3)4)28(35)25(19-38)32-29(36)37-30(7,8)9/h2,15-18,20-22,25-26,38H,10,12-14,19H2,1,3-9H3,(H,31,34)(H,32,36). The molecule has 38 heavy (non-hydrogen) atoms. The van der Waals surface area contributed by atoms with Crippen molar-refractivity contribution in [1.82, 2.24) is 15.5 Å². The van der Waals surface area contributed by atoms with Crippen LogP contribution in [0.5, 0.6) is 0 Å². The number of alkyl carbamates (subject to hydrolysis) is 1. The highest BCUT2D eigenvalue weighted by Crippen LogP contribution is 2.28. The van der Waals surface area contributed by atoms with E-state index in [1.54, 1.807) is 49.9 Å². The maximum atomic E-state index is 14.1. The highest BCUT2D eigenvalue weighted by atomic mass is 32.1. The van der Waals surface area contributed by atoms with E-state index in [9.17, 15) is 14.4 Å². The Labute approximate surface area is 235 Å². The molecule has 0 aromatic heterocycles. The molecule has 0 heterocycles. The molecule has 4 unspecified atom stereocenters. The first-order chi connectivity index (χ1) is 17.7. The number of terminal acetylenes is 1. The van der Waals surface area contributed by atoms with Gasteiger partial charge in [0.1, 0.15) is 17.7 Å². The molecule has 2 N–H and O–H groups in total. The summed E-state index contributed by atoms with van der Waals surface area (Å²) in [7, 11) is 0. The van der Waals surface area contributed by atoms with Crippen molar-refractivity contribution < 1.29 is 19.1 Å². The number of hydrogen-bond acceptors (Lipinski definition) is 5. The predicted octanol–water partition coefficient (Wildman–Crippen LogP) is 5.49. The molecule has 0 saturated carbocycles. The van der Waals surface area contributed by atoms with Crippen molar-refractivity contribution >= 4 is 30.5 Å². The van der Waals surface area contributed by atoms with Gasteiger partial charge in [0.15, 0.2) is 0 Å². The Balaban J connectivity index is 3.56. The van der Waals surface area contributed by atoms with E-state index in [0.29, 0.717) is 23.5 Å². The van der Waals surface area contributed by atoms with Gasteiger partial charge in [0.25, 0.3) is 0 Å². The van der Waals surface area contributed by atoms with Crippen LogP contribution in [-0.2, 0) is 14.3 Å². The third-order valence-electron chi connectivity index (χ3n) is 6.09. The second-order valence-electron chi connectivity index (χ2n) is 11.3. The van der Waals surface area contributed by atoms with E-state index in [-0.39, 0.29) is 23.7 Å². The predicted molar refractivity (Wildman–Crippen MR) is 157 cm³/mol. The fraction of sp³-hybridized carbons (Fsp3) is 0.633. The molecule has 1 aromatic carbocycles. The van der Waals surface area contributed by atoms with Gasteiger partial charge in [-0.2, -0.15) is 12.6 Å². The van der Waals surface area contributed by atoms with Crippen molar-refractivity contribution in [3.05, 3.63) is 35.4 Å². The molecule has 0 bridgehead atoms. The molecule has 0 aliphatic heterocycles. The van der Waals surface area contributed by atoms with Crippen molar-refractivity contribution in [3.63, 3.8) is 0 Å². The first kappa shape index (κ1) is 33.4. The minimum absolute atomic E-state index is 0.0437. The largest absolute Gasteiger partial charge is 0.444 e. The molecule has 0 saturated heterocycles. The van der Waals surface area contributed by atoms with Crippen LogP contribution in [-0.4, -0.2) is 52.3 Å². The number of nitrogens with zero attached hydrogens (tertiary/aromatic N) is 1. The Bertz CT molecular complexity index is 950. The van der Waals surface area contributed by atoms with Gasteiger partial charge in [-0.3, -0.25) is 9.59 Å². The van der Waals surface area contributed by atoms with Gasteiger partial charge in [0.2, 0.25) is 11.8 Å². The van der Waals surface area contributed by atoms with Gasteiger partial charge in [-0.15, -0.1) is 6.42 Å². The Kier molecular flexibility index (Phi) is 13.8. The maximum absolute atomic E-state index is 14.1. The second-order valence-corrected chi connectivity index (χ2v) is 11.7. The smallest absolute Gasteiger partial charge is 0.408 e. The number of nitrogens with one attached hydrogen (secondary N) is 2. The number of carbonyl (C=O) groups is 3. The van der Waals surface area contributed by atoms with Crippen molar-refractivity contribution in [2.24, 2.45) is 5.92 Å². The normalized spacial score (nSPS) is 14.6. The third kappa shape index (κ3) is 11.0. The van der Waals surface area contributed by atoms with Gasteiger partial charge in [-0.05, 0) is 77.5 Å². The first-order valence-electron chi connectivity index (χ1n) is 13.5. The zero-order chi connectivity index (χ0) is 29.0. The van der Waals surface area contributed by atoms with E-state index in [4.69, 9.17) is 11.2 Å². The van der Waals surface area contributed by atoms with Crippen LogP contribution in [0.1, 0.15) is 98.2 Å². The van der Waals surface area contributed by atoms with Crippen molar-refractivity contribution in [3.8, 4) is 12.3 Å². The molecular formula is C30H47N3O4S. The van der Waals surface area contributed by atoms with E-state index < -0.39 is 29.7 Å². The van der Waals surface area contributed by atoms with Crippen LogP contribution in [0.15, 0.2) is 24.3 Å². The first-order valence-corrected chi connectivity index (χ1v) is 14.2. The topological polar surface area (TPSA) is 87.7 Å². The van der Waals surface area contributed by atoms with Crippen LogP contribution >= 0.6 is 12.6 Å². The van der Waals surface area contributed by atoms with Crippen molar-refractivity contribution in [2.45, 2.75) is 111 Å². The number of carbonyl (C=O) groups excluding carboxylic acids is 3. The summed E-state index contributed by atoms with van der Waals surface area (Å²) in [4.78, 5) is 42.1. The third-order valence-corrected chi connectivity index (χ3v) is 6.46. The molecule has 7 nitrogen and oxygen atoms in total. The Morgan fingerprint density at radius 1 is 1.03 bits per heavy atom. The van der Waals surface area contributed by atoms with Gasteiger partial charge in [0.05, 0.1) is 0 Å². The molecular weight excluding hydrogens is 498 g/mol. The molecule has 212 valence electrons. The number of amides is 3. The maximum Gasteiger partial charge on any atom is 0.408 e. The molecule has 8 heteroatoms. The van der Waals surface area contributed by atoms with Gasteiger partial charge < -0.3 is 20.3 Å². The van der Waals surface area contributed by atoms with Crippen molar-refractivity contribution in [1.29, 1.82) is 0 Å². The molecule has 0 fully saturated rings. The summed E-state index contributed by atoms with van der Waals surface area (Å²) in [5.41, 5.74) is 0.595. The SMILES string of the molecule is C#Cc1ccc(C(C(=O)NC(C)CCC)N(C(=O)C(CS)NC(=O)OC(C)(C)C)C(C)CCC(C)C)cc1. The number of rotatable bonds is 13. The Morgan fingerprint density at radius 3 is 2.11 bits per heavy atom.